The van der Waals surface area contributed by atoms with Crippen molar-refractivity contribution in [2.45, 2.75) is 52.2 Å². The zero-order valence-corrected chi connectivity index (χ0v) is 18.0. The second kappa shape index (κ2) is 9.60. The van der Waals surface area contributed by atoms with Crippen molar-refractivity contribution in [3.8, 4) is 5.75 Å². The summed E-state index contributed by atoms with van der Waals surface area (Å²) in [5.41, 5.74) is -0.530. The molecule has 1 aliphatic heterocycles. The number of ether oxygens (including phenoxy) is 2. The van der Waals surface area contributed by atoms with Gasteiger partial charge in [-0.3, -0.25) is 19.3 Å². The summed E-state index contributed by atoms with van der Waals surface area (Å²) in [4.78, 5) is 50.1. The van der Waals surface area contributed by atoms with Crippen LogP contribution in [0.4, 0.5) is 10.5 Å². The van der Waals surface area contributed by atoms with Gasteiger partial charge in [0.15, 0.2) is 6.10 Å². The maximum Gasteiger partial charge on any atom is 0.327 e. The normalized spacial score (nSPS) is 19.5. The molecule has 1 saturated heterocycles. The Morgan fingerprint density at radius 2 is 1.80 bits per heavy atom. The molecule has 1 aromatic rings. The average molecular weight is 419 g/mol. The Hall–Kier alpha value is -3.10. The van der Waals surface area contributed by atoms with E-state index in [4.69, 9.17) is 9.47 Å². The lowest BCUT2D eigenvalue weighted by Crippen LogP contribution is -2.44. The van der Waals surface area contributed by atoms with E-state index in [-0.39, 0.29) is 0 Å². The number of methoxy groups -OCH3 is 1. The molecule has 1 aliphatic rings. The number of nitrogens with zero attached hydrogens (tertiary/aromatic N) is 1. The molecule has 0 aromatic heterocycles. The lowest BCUT2D eigenvalue weighted by atomic mass is 9.92. The number of amides is 4. The fourth-order valence-corrected chi connectivity index (χ4v) is 2.97. The standard InChI is InChI=1S/C21H29N3O6/c1-13(2)10-11-21(4)19(27)24(20(28)23-21)12-17(25)30-14(3)18(26)22-15-6-8-16(29-5)9-7-15/h6-9,13-14H,10-12H2,1-5H3,(H,22,26)(H,23,28)/t14-,21-/m1/s1. The molecule has 1 heterocycles. The van der Waals surface area contributed by atoms with E-state index in [2.05, 4.69) is 10.6 Å². The fourth-order valence-electron chi connectivity index (χ4n) is 2.97. The number of imide groups is 1. The van der Waals surface area contributed by atoms with Gasteiger partial charge >= 0.3 is 12.0 Å². The Labute approximate surface area is 176 Å². The first-order valence-corrected chi connectivity index (χ1v) is 9.84. The third-order valence-corrected chi connectivity index (χ3v) is 4.89. The van der Waals surface area contributed by atoms with Gasteiger partial charge in [0.05, 0.1) is 7.11 Å². The highest BCUT2D eigenvalue weighted by Gasteiger charge is 2.48. The number of rotatable bonds is 9. The molecule has 4 amide bonds. The van der Waals surface area contributed by atoms with Crippen LogP contribution in [-0.2, 0) is 19.1 Å². The van der Waals surface area contributed by atoms with Crippen LogP contribution in [0.2, 0.25) is 0 Å². The first-order valence-electron chi connectivity index (χ1n) is 9.84. The minimum atomic E-state index is -1.10. The summed E-state index contributed by atoms with van der Waals surface area (Å²) in [5, 5.41) is 5.27. The molecular formula is C21H29N3O6. The Kier molecular flexibility index (Phi) is 7.42. The largest absolute Gasteiger partial charge is 0.497 e. The lowest BCUT2D eigenvalue weighted by Gasteiger charge is -2.22. The highest BCUT2D eigenvalue weighted by Crippen LogP contribution is 2.24. The minimum Gasteiger partial charge on any atom is -0.497 e. The minimum absolute atomic E-state index is 0.371. The van der Waals surface area contributed by atoms with Gasteiger partial charge in [-0.15, -0.1) is 0 Å². The molecule has 9 heteroatoms. The van der Waals surface area contributed by atoms with Crippen LogP contribution in [0.5, 0.6) is 5.75 Å². The van der Waals surface area contributed by atoms with E-state index in [0.29, 0.717) is 23.8 Å². The SMILES string of the molecule is COc1ccc(NC(=O)[C@@H](C)OC(=O)CN2C(=O)N[C@](C)(CCC(C)C)C2=O)cc1. The zero-order valence-electron chi connectivity index (χ0n) is 18.0. The summed E-state index contributed by atoms with van der Waals surface area (Å²) in [6.45, 7) is 6.56. The lowest BCUT2D eigenvalue weighted by molar-refractivity contribution is -0.155. The number of hydrogen-bond donors (Lipinski definition) is 2. The van der Waals surface area contributed by atoms with Crippen molar-refractivity contribution in [3.63, 3.8) is 0 Å². The maximum absolute atomic E-state index is 12.6. The predicted octanol–water partition coefficient (Wildman–Crippen LogP) is 2.31. The van der Waals surface area contributed by atoms with Crippen LogP contribution in [0.15, 0.2) is 24.3 Å². The van der Waals surface area contributed by atoms with Gasteiger partial charge in [0.25, 0.3) is 11.8 Å². The molecule has 2 N–H and O–H groups in total. The van der Waals surface area contributed by atoms with Gasteiger partial charge in [-0.2, -0.15) is 0 Å². The van der Waals surface area contributed by atoms with E-state index in [9.17, 15) is 19.2 Å². The quantitative estimate of drug-likeness (QED) is 0.469. The Balaban J connectivity index is 1.90. The molecule has 0 unspecified atom stereocenters. The first kappa shape index (κ1) is 23.2. The predicted molar refractivity (Wildman–Crippen MR) is 110 cm³/mol. The molecule has 2 rings (SSSR count). The Morgan fingerprint density at radius 3 is 2.37 bits per heavy atom. The summed E-state index contributed by atoms with van der Waals surface area (Å²) in [5.74, 6) is -0.839. The molecule has 9 nitrogen and oxygen atoms in total. The van der Waals surface area contributed by atoms with E-state index in [1.165, 1.54) is 14.0 Å². The van der Waals surface area contributed by atoms with Gasteiger partial charge < -0.3 is 20.1 Å². The molecule has 0 radical (unpaired) electrons. The number of benzene rings is 1. The molecule has 30 heavy (non-hydrogen) atoms. The van der Waals surface area contributed by atoms with Gasteiger partial charge in [0, 0.05) is 5.69 Å². The van der Waals surface area contributed by atoms with Crippen LogP contribution in [0.3, 0.4) is 0 Å². The first-order chi connectivity index (χ1) is 14.1. The molecule has 164 valence electrons. The Bertz CT molecular complexity index is 807. The molecule has 0 bridgehead atoms. The molecular weight excluding hydrogens is 390 g/mol. The van der Waals surface area contributed by atoms with Crippen molar-refractivity contribution in [1.29, 1.82) is 0 Å². The second-order valence-electron chi connectivity index (χ2n) is 7.94. The highest BCUT2D eigenvalue weighted by molar-refractivity contribution is 6.08. The van der Waals surface area contributed by atoms with E-state index in [1.807, 2.05) is 13.8 Å². The fraction of sp³-hybridized carbons (Fsp3) is 0.524. The van der Waals surface area contributed by atoms with E-state index < -0.39 is 42.0 Å². The van der Waals surface area contributed by atoms with Gasteiger partial charge in [-0.25, -0.2) is 4.79 Å². The molecule has 1 fully saturated rings. The highest BCUT2D eigenvalue weighted by atomic mass is 16.5. The van der Waals surface area contributed by atoms with Crippen LogP contribution in [0, 0.1) is 5.92 Å². The van der Waals surface area contributed by atoms with Crippen molar-refractivity contribution in [3.05, 3.63) is 24.3 Å². The molecule has 0 saturated carbocycles. The van der Waals surface area contributed by atoms with Crippen LogP contribution >= 0.6 is 0 Å². The molecule has 0 spiro atoms. The third-order valence-electron chi connectivity index (χ3n) is 4.89. The number of nitrogens with one attached hydrogen (secondary N) is 2. The van der Waals surface area contributed by atoms with E-state index in [1.54, 1.807) is 31.2 Å². The number of carbonyl (C=O) groups excluding carboxylic acids is 4. The number of anilines is 1. The van der Waals surface area contributed by atoms with Crippen LogP contribution in [0.25, 0.3) is 0 Å². The molecule has 0 aliphatic carbocycles. The van der Waals surface area contributed by atoms with E-state index >= 15 is 0 Å². The van der Waals surface area contributed by atoms with Crippen molar-refractivity contribution in [2.75, 3.05) is 19.0 Å². The number of esters is 1. The molecule has 1 aromatic carbocycles. The summed E-state index contributed by atoms with van der Waals surface area (Å²) in [6, 6.07) is 6.02. The van der Waals surface area contributed by atoms with Gasteiger partial charge in [0.2, 0.25) is 0 Å². The maximum atomic E-state index is 12.6. The number of carbonyl (C=O) groups is 4. The summed E-state index contributed by atoms with van der Waals surface area (Å²) < 4.78 is 10.2. The van der Waals surface area contributed by atoms with E-state index in [0.717, 1.165) is 11.3 Å². The average Bonchev–Trinajstić information content (AvgIpc) is 2.90. The number of hydrogen-bond acceptors (Lipinski definition) is 6. The monoisotopic (exact) mass is 419 g/mol. The summed E-state index contributed by atoms with van der Waals surface area (Å²) in [7, 11) is 1.54. The van der Waals surface area contributed by atoms with Crippen molar-refractivity contribution < 1.29 is 28.7 Å². The summed E-state index contributed by atoms with van der Waals surface area (Å²) >= 11 is 0. The smallest absolute Gasteiger partial charge is 0.327 e. The van der Waals surface area contributed by atoms with Crippen LogP contribution in [0.1, 0.15) is 40.5 Å². The van der Waals surface area contributed by atoms with Crippen molar-refractivity contribution in [2.24, 2.45) is 5.92 Å². The van der Waals surface area contributed by atoms with Crippen LogP contribution in [-0.4, -0.2) is 54.0 Å². The zero-order chi connectivity index (χ0) is 22.5. The van der Waals surface area contributed by atoms with Crippen LogP contribution < -0.4 is 15.4 Å². The van der Waals surface area contributed by atoms with Crippen molar-refractivity contribution >= 4 is 29.5 Å². The molecule has 2 atom stereocenters. The van der Waals surface area contributed by atoms with Crippen molar-refractivity contribution in [1.82, 2.24) is 10.2 Å². The number of urea groups is 1. The second-order valence-corrected chi connectivity index (χ2v) is 7.94. The van der Waals surface area contributed by atoms with Gasteiger partial charge in [-0.05, 0) is 56.9 Å². The van der Waals surface area contributed by atoms with Gasteiger partial charge in [-0.1, -0.05) is 13.8 Å². The van der Waals surface area contributed by atoms with Gasteiger partial charge in [0.1, 0.15) is 17.8 Å². The topological polar surface area (TPSA) is 114 Å². The third kappa shape index (κ3) is 5.71. The summed E-state index contributed by atoms with van der Waals surface area (Å²) in [6.07, 6.45) is 0.123. The Morgan fingerprint density at radius 1 is 1.17 bits per heavy atom.